The van der Waals surface area contributed by atoms with Gasteiger partial charge in [-0.05, 0) is 52.5 Å². The molecule has 0 N–H and O–H groups in total. The van der Waals surface area contributed by atoms with Crippen molar-refractivity contribution in [2.45, 2.75) is 0 Å². The van der Waals surface area contributed by atoms with Gasteiger partial charge < -0.3 is 4.57 Å². The molecular weight excluding hydrogens is 597 g/mol. The van der Waals surface area contributed by atoms with Gasteiger partial charge in [0.1, 0.15) is 0 Å². The summed E-state index contributed by atoms with van der Waals surface area (Å²) in [4.78, 5) is 13.5. The van der Waals surface area contributed by atoms with Crippen molar-refractivity contribution >= 4 is 21.8 Å². The first-order valence-corrected chi connectivity index (χ1v) is 14.3. The third kappa shape index (κ3) is 5.26. The summed E-state index contributed by atoms with van der Waals surface area (Å²) in [5, 5.41) is -0.612. The number of aromatic nitrogens is 4. The van der Waals surface area contributed by atoms with Crippen molar-refractivity contribution in [3.05, 3.63) is 181 Å². The highest BCUT2D eigenvalue weighted by atomic mass is 15.1. The van der Waals surface area contributed by atoms with E-state index in [9.17, 15) is 4.11 Å². The average Bonchev–Trinajstić information content (AvgIpc) is 3.76. The molecule has 2 heterocycles. The molecule has 0 radical (unpaired) electrons. The van der Waals surface area contributed by atoms with Crippen LogP contribution >= 0.6 is 0 Å². The standard InChI is InChI=1S/C45H30N4/c1-4-15-31(16-5-1)34-21-14-22-36(29-34)44-46-43(33-19-8-3-9-20-33)47-45(48-44)39-30-35(32-17-6-2-7-18-32)27-28-42(39)49-40-25-12-10-23-37(40)38-24-11-13-26-41(38)49/h1-30H/i1D,2D,3D,4D,5D,6D,7D,8D,9D,10D,11D,12D,14D,15D,16D,17D,18D,19D,20D,21D,22D,23D,24D,25D,26D,29D. The van der Waals surface area contributed by atoms with Crippen LogP contribution in [0, 0.1) is 0 Å². The normalized spacial score (nSPS) is 18.7. The summed E-state index contributed by atoms with van der Waals surface area (Å²) in [7, 11) is 0. The second kappa shape index (κ2) is 12.2. The first-order valence-electron chi connectivity index (χ1n) is 27.3. The van der Waals surface area contributed by atoms with Crippen molar-refractivity contribution in [2.24, 2.45) is 0 Å². The molecule has 0 atom stereocenters. The molecule has 0 spiro atoms. The number of hydrogen-bond donors (Lipinski definition) is 0. The molecule has 0 aliphatic carbocycles. The van der Waals surface area contributed by atoms with Gasteiger partial charge >= 0.3 is 0 Å². The maximum Gasteiger partial charge on any atom is 0.166 e. The van der Waals surface area contributed by atoms with Gasteiger partial charge in [0.15, 0.2) is 17.5 Å². The number of hydrogen-bond acceptors (Lipinski definition) is 3. The summed E-state index contributed by atoms with van der Waals surface area (Å²) in [6.45, 7) is 0. The maximum absolute atomic E-state index is 9.51. The fourth-order valence-electron chi connectivity index (χ4n) is 5.21. The van der Waals surface area contributed by atoms with Crippen molar-refractivity contribution in [1.82, 2.24) is 19.5 Å². The molecule has 9 aromatic rings. The fourth-order valence-corrected chi connectivity index (χ4v) is 5.21. The van der Waals surface area contributed by atoms with Crippen molar-refractivity contribution in [3.63, 3.8) is 0 Å². The largest absolute Gasteiger partial charge is 0.309 e. The van der Waals surface area contributed by atoms with Crippen LogP contribution in [0.2, 0.25) is 0 Å². The highest BCUT2D eigenvalue weighted by Crippen LogP contribution is 2.38. The zero-order chi connectivity index (χ0) is 55.2. The first kappa shape index (κ1) is 12.4. The number of benzene rings is 7. The fraction of sp³-hybridized carbons (Fsp3) is 0. The molecule has 0 fully saturated rings. The average molecular weight is 653 g/mol. The van der Waals surface area contributed by atoms with Gasteiger partial charge in [-0.25, -0.2) is 15.0 Å². The Kier molecular flexibility index (Phi) is 3.09. The van der Waals surface area contributed by atoms with Gasteiger partial charge in [-0.1, -0.05) is 151 Å². The van der Waals surface area contributed by atoms with Crippen LogP contribution < -0.4 is 0 Å². The van der Waals surface area contributed by atoms with Crippen molar-refractivity contribution in [2.75, 3.05) is 0 Å². The quantitative estimate of drug-likeness (QED) is 0.179. The maximum atomic E-state index is 9.51. The van der Waals surface area contributed by atoms with Crippen LogP contribution in [0.5, 0.6) is 0 Å². The van der Waals surface area contributed by atoms with E-state index < -0.39 is 208 Å². The Bertz CT molecular complexity index is 4010. The lowest BCUT2D eigenvalue weighted by Crippen LogP contribution is -2.04. The monoisotopic (exact) mass is 652 g/mol. The van der Waals surface area contributed by atoms with Gasteiger partial charge in [0.25, 0.3) is 0 Å². The summed E-state index contributed by atoms with van der Waals surface area (Å²) >= 11 is 0. The van der Waals surface area contributed by atoms with Crippen LogP contribution in [0.3, 0.4) is 0 Å². The van der Waals surface area contributed by atoms with Crippen LogP contribution in [0.15, 0.2) is 181 Å². The molecular formula is C45H30N4. The Morgan fingerprint density at radius 3 is 1.67 bits per heavy atom. The molecule has 230 valence electrons. The SMILES string of the molecule is [2H]c1cc([2H])c2c(c1[2H])c1c([2H])c([2H])c([2H])c([2H])c1n2-c1ccc(-c2c([2H])c([2H])c([2H])c([2H])c2[2H])cc1-c1nc(-c2c([2H])c([2H])c([2H])c([2H])c2[2H])nc(-c2c([2H])c([2H])c([2H])c(-c3c([2H])c([2H])c([2H])c([2H])c3[2H])c2[2H])n1. The van der Waals surface area contributed by atoms with Gasteiger partial charge in [0.2, 0.25) is 0 Å². The van der Waals surface area contributed by atoms with Gasteiger partial charge in [0.05, 0.1) is 52.4 Å². The summed E-state index contributed by atoms with van der Waals surface area (Å²) in [5.74, 6) is -2.33. The van der Waals surface area contributed by atoms with Crippen LogP contribution in [0.25, 0.3) is 83.9 Å². The Balaban J connectivity index is 1.53. The minimum atomic E-state index is -0.986. The second-order valence-electron chi connectivity index (χ2n) is 10.1. The number of rotatable bonds is 6. The second-order valence-corrected chi connectivity index (χ2v) is 10.1. The molecule has 4 heteroatoms. The highest BCUT2D eigenvalue weighted by Gasteiger charge is 2.20. The smallest absolute Gasteiger partial charge is 0.166 e. The lowest BCUT2D eigenvalue weighted by molar-refractivity contribution is 1.06. The predicted molar refractivity (Wildman–Crippen MR) is 201 cm³/mol. The molecule has 0 unspecified atom stereocenters. The van der Waals surface area contributed by atoms with Crippen LogP contribution in [0.4, 0.5) is 0 Å². The van der Waals surface area contributed by atoms with Gasteiger partial charge in [0, 0.05) is 27.5 Å². The molecule has 7 aromatic carbocycles. The number of nitrogens with zero attached hydrogens (tertiary/aromatic N) is 4. The molecule has 0 amide bonds. The van der Waals surface area contributed by atoms with E-state index >= 15 is 0 Å². The molecule has 0 saturated carbocycles. The molecule has 2 aromatic heterocycles. The lowest BCUT2D eigenvalue weighted by Gasteiger charge is -2.16. The van der Waals surface area contributed by atoms with Gasteiger partial charge in [-0.2, -0.15) is 0 Å². The van der Waals surface area contributed by atoms with E-state index in [1.807, 2.05) is 0 Å². The summed E-state index contributed by atoms with van der Waals surface area (Å²) in [6, 6.07) is -16.3. The topological polar surface area (TPSA) is 43.6 Å². The molecule has 0 saturated heterocycles. The van der Waals surface area contributed by atoms with Crippen LogP contribution in [-0.2, 0) is 0 Å². The van der Waals surface area contributed by atoms with E-state index in [1.165, 1.54) is 12.1 Å². The zero-order valence-corrected chi connectivity index (χ0v) is 24.6. The number of fused-ring (bicyclic) bond motifs is 3. The minimum absolute atomic E-state index is 0.182. The van der Waals surface area contributed by atoms with E-state index in [0.29, 0.717) is 0 Å². The van der Waals surface area contributed by atoms with E-state index in [2.05, 4.69) is 15.0 Å². The summed E-state index contributed by atoms with van der Waals surface area (Å²) in [5.41, 5.74) is -4.93. The molecule has 0 aliphatic heterocycles. The number of para-hydroxylation sites is 2. The Morgan fingerprint density at radius 1 is 0.408 bits per heavy atom. The predicted octanol–water partition coefficient (Wildman–Crippen LogP) is 11.3. The van der Waals surface area contributed by atoms with Crippen molar-refractivity contribution in [1.29, 1.82) is 0 Å². The van der Waals surface area contributed by atoms with Crippen molar-refractivity contribution < 1.29 is 35.6 Å². The third-order valence-corrected chi connectivity index (χ3v) is 7.30. The molecule has 4 nitrogen and oxygen atoms in total. The van der Waals surface area contributed by atoms with Gasteiger partial charge in [-0.15, -0.1) is 0 Å². The Morgan fingerprint density at radius 2 is 0.939 bits per heavy atom. The van der Waals surface area contributed by atoms with E-state index in [-0.39, 0.29) is 33.1 Å². The summed E-state index contributed by atoms with van der Waals surface area (Å²) < 4.78 is 228. The Hall–Kier alpha value is -6.65. The van der Waals surface area contributed by atoms with Gasteiger partial charge in [-0.3, -0.25) is 0 Å². The van der Waals surface area contributed by atoms with Crippen LogP contribution in [-0.4, -0.2) is 19.5 Å². The van der Waals surface area contributed by atoms with E-state index in [4.69, 9.17) is 31.5 Å². The third-order valence-electron chi connectivity index (χ3n) is 7.30. The zero-order valence-electron chi connectivity index (χ0n) is 50.6. The highest BCUT2D eigenvalue weighted by molar-refractivity contribution is 6.09. The molecule has 49 heavy (non-hydrogen) atoms. The van der Waals surface area contributed by atoms with E-state index in [1.54, 1.807) is 0 Å². The van der Waals surface area contributed by atoms with E-state index in [0.717, 1.165) is 16.7 Å². The molecule has 0 bridgehead atoms. The van der Waals surface area contributed by atoms with Crippen LogP contribution in [0.1, 0.15) is 35.6 Å². The summed E-state index contributed by atoms with van der Waals surface area (Å²) in [6.07, 6.45) is 0. The first-order chi connectivity index (χ1) is 35.1. The molecule has 0 aliphatic rings. The van der Waals surface area contributed by atoms with Crippen molar-refractivity contribution in [3.8, 4) is 62.1 Å². The Labute approximate surface area is 321 Å². The molecule has 9 rings (SSSR count). The lowest BCUT2D eigenvalue weighted by atomic mass is 10.0. The minimum Gasteiger partial charge on any atom is -0.309 e.